The largest absolute Gasteiger partial charge is 0.497 e. The van der Waals surface area contributed by atoms with Crippen molar-refractivity contribution in [2.24, 2.45) is 0 Å². The van der Waals surface area contributed by atoms with Crippen molar-refractivity contribution in [3.05, 3.63) is 59.2 Å². The van der Waals surface area contributed by atoms with Gasteiger partial charge in [0, 0.05) is 5.56 Å². The van der Waals surface area contributed by atoms with Crippen LogP contribution >= 0.6 is 0 Å². The normalized spacial score (nSPS) is 13.0. The van der Waals surface area contributed by atoms with Gasteiger partial charge in [0.05, 0.1) is 13.7 Å². The zero-order valence-electron chi connectivity index (χ0n) is 16.7. The third-order valence-corrected chi connectivity index (χ3v) is 4.79. The Bertz CT molecular complexity index is 709. The van der Waals surface area contributed by atoms with Crippen LogP contribution in [0.1, 0.15) is 61.0 Å². The van der Waals surface area contributed by atoms with E-state index in [9.17, 15) is 4.79 Å². The topological polar surface area (TPSA) is 44.8 Å². The van der Waals surface area contributed by atoms with Crippen molar-refractivity contribution in [3.63, 3.8) is 0 Å². The molecule has 0 saturated heterocycles. The molecule has 0 aliphatic heterocycles. The Morgan fingerprint density at radius 3 is 2.37 bits per heavy atom. The van der Waals surface area contributed by atoms with Crippen LogP contribution < -0.4 is 9.47 Å². The Labute approximate surface area is 162 Å². The molecule has 0 saturated carbocycles. The summed E-state index contributed by atoms with van der Waals surface area (Å²) in [5.41, 5.74) is 2.99. The molecular formula is C23H30O4. The van der Waals surface area contributed by atoms with E-state index in [2.05, 4.69) is 26.0 Å². The average molecular weight is 370 g/mol. The van der Waals surface area contributed by atoms with Gasteiger partial charge in [0.15, 0.2) is 6.29 Å². The second-order valence-electron chi connectivity index (χ2n) is 6.72. The number of rotatable bonds is 11. The van der Waals surface area contributed by atoms with E-state index in [1.165, 1.54) is 5.56 Å². The summed E-state index contributed by atoms with van der Waals surface area (Å²) in [7, 11) is 1.59. The predicted molar refractivity (Wildman–Crippen MR) is 108 cm³/mol. The molecule has 0 radical (unpaired) electrons. The molecule has 2 atom stereocenters. The van der Waals surface area contributed by atoms with Crippen molar-refractivity contribution in [2.75, 3.05) is 13.7 Å². The molecule has 0 bridgehead atoms. The Balaban J connectivity index is 1.76. The van der Waals surface area contributed by atoms with E-state index in [0.29, 0.717) is 23.8 Å². The van der Waals surface area contributed by atoms with E-state index < -0.39 is 0 Å². The average Bonchev–Trinajstić information content (AvgIpc) is 2.71. The number of ether oxygens (including phenoxy) is 3. The van der Waals surface area contributed by atoms with Gasteiger partial charge < -0.3 is 14.2 Å². The molecule has 4 heteroatoms. The quantitative estimate of drug-likeness (QED) is 0.302. The number of hydrogen-bond acceptors (Lipinski definition) is 4. The number of aryl methyl sites for hydroxylation is 1. The summed E-state index contributed by atoms with van der Waals surface area (Å²) in [5.74, 6) is 2.06. The molecule has 2 rings (SSSR count). The first-order chi connectivity index (χ1) is 13.1. The molecular weight excluding hydrogens is 340 g/mol. The summed E-state index contributed by atoms with van der Waals surface area (Å²) in [5, 5.41) is 0. The van der Waals surface area contributed by atoms with Crippen LogP contribution in [0.25, 0.3) is 0 Å². The van der Waals surface area contributed by atoms with Crippen molar-refractivity contribution < 1.29 is 19.0 Å². The number of methoxy groups -OCH3 is 1. The van der Waals surface area contributed by atoms with Crippen molar-refractivity contribution in [2.45, 2.75) is 52.2 Å². The first-order valence-corrected chi connectivity index (χ1v) is 9.57. The van der Waals surface area contributed by atoms with Gasteiger partial charge in [-0.2, -0.15) is 0 Å². The SMILES string of the molecule is CCC(C)c1ccc(OC(C)OCCCc2ccc(OC)cc2C=O)cc1. The van der Waals surface area contributed by atoms with Crippen molar-refractivity contribution in [3.8, 4) is 11.5 Å². The van der Waals surface area contributed by atoms with Crippen LogP contribution in [0.2, 0.25) is 0 Å². The van der Waals surface area contributed by atoms with Crippen LogP contribution in [0.3, 0.4) is 0 Å². The fraction of sp³-hybridized carbons (Fsp3) is 0.435. The lowest BCUT2D eigenvalue weighted by atomic mass is 9.99. The fourth-order valence-corrected chi connectivity index (χ4v) is 2.89. The van der Waals surface area contributed by atoms with E-state index in [0.717, 1.165) is 36.9 Å². The Hall–Kier alpha value is -2.33. The molecule has 0 fully saturated rings. The van der Waals surface area contributed by atoms with Gasteiger partial charge in [-0.1, -0.05) is 32.0 Å². The first-order valence-electron chi connectivity index (χ1n) is 9.57. The van der Waals surface area contributed by atoms with Crippen LogP contribution in [0.15, 0.2) is 42.5 Å². The summed E-state index contributed by atoms with van der Waals surface area (Å²) in [6.45, 7) is 6.87. The van der Waals surface area contributed by atoms with Crippen molar-refractivity contribution in [1.82, 2.24) is 0 Å². The van der Waals surface area contributed by atoms with E-state index >= 15 is 0 Å². The summed E-state index contributed by atoms with van der Waals surface area (Å²) in [6, 6.07) is 13.8. The minimum atomic E-state index is -0.319. The second kappa shape index (κ2) is 10.7. The predicted octanol–water partition coefficient (Wildman–Crippen LogP) is 5.40. The molecule has 4 nitrogen and oxygen atoms in total. The second-order valence-corrected chi connectivity index (χ2v) is 6.72. The van der Waals surface area contributed by atoms with Crippen LogP contribution in [-0.2, 0) is 11.2 Å². The molecule has 0 amide bonds. The number of hydrogen-bond donors (Lipinski definition) is 0. The Kier molecular flexibility index (Phi) is 8.34. The van der Waals surface area contributed by atoms with Crippen LogP contribution in [-0.4, -0.2) is 26.3 Å². The van der Waals surface area contributed by atoms with Gasteiger partial charge in [-0.25, -0.2) is 0 Å². The Morgan fingerprint density at radius 1 is 1.04 bits per heavy atom. The minimum Gasteiger partial charge on any atom is -0.497 e. The van der Waals surface area contributed by atoms with E-state index in [4.69, 9.17) is 14.2 Å². The van der Waals surface area contributed by atoms with Gasteiger partial charge in [0.2, 0.25) is 0 Å². The standard InChI is InChI=1S/C23H30O4/c1-5-17(2)19-8-11-22(12-9-19)27-18(3)26-14-6-7-20-10-13-23(25-4)15-21(20)16-24/h8-13,15-18H,5-7,14H2,1-4H3. The maximum atomic E-state index is 11.2. The third kappa shape index (κ3) is 6.40. The number of aldehydes is 1. The number of carbonyl (C=O) groups excluding carboxylic acids is 1. The van der Waals surface area contributed by atoms with Crippen LogP contribution in [0.5, 0.6) is 11.5 Å². The van der Waals surface area contributed by atoms with Gasteiger partial charge in [-0.3, -0.25) is 4.79 Å². The molecule has 2 unspecified atom stereocenters. The molecule has 0 N–H and O–H groups in total. The van der Waals surface area contributed by atoms with E-state index in [-0.39, 0.29) is 6.29 Å². The molecule has 0 heterocycles. The van der Waals surface area contributed by atoms with Gasteiger partial charge >= 0.3 is 0 Å². The lowest BCUT2D eigenvalue weighted by molar-refractivity contribution is -0.0672. The van der Waals surface area contributed by atoms with Crippen LogP contribution in [0, 0.1) is 0 Å². The molecule has 146 valence electrons. The maximum absolute atomic E-state index is 11.2. The van der Waals surface area contributed by atoms with E-state index in [1.54, 1.807) is 13.2 Å². The van der Waals surface area contributed by atoms with Crippen molar-refractivity contribution in [1.29, 1.82) is 0 Å². The molecule has 2 aromatic rings. The fourth-order valence-electron chi connectivity index (χ4n) is 2.89. The maximum Gasteiger partial charge on any atom is 0.196 e. The lowest BCUT2D eigenvalue weighted by Gasteiger charge is -2.16. The van der Waals surface area contributed by atoms with Crippen molar-refractivity contribution >= 4 is 6.29 Å². The monoisotopic (exact) mass is 370 g/mol. The van der Waals surface area contributed by atoms with Gasteiger partial charge in [-0.05, 0) is 67.5 Å². The van der Waals surface area contributed by atoms with Gasteiger partial charge in [-0.15, -0.1) is 0 Å². The highest BCUT2D eigenvalue weighted by Crippen LogP contribution is 2.22. The van der Waals surface area contributed by atoms with Crippen LogP contribution in [0.4, 0.5) is 0 Å². The highest BCUT2D eigenvalue weighted by molar-refractivity contribution is 5.78. The molecule has 2 aromatic carbocycles. The minimum absolute atomic E-state index is 0.319. The summed E-state index contributed by atoms with van der Waals surface area (Å²) in [4.78, 5) is 11.2. The lowest BCUT2D eigenvalue weighted by Crippen LogP contribution is -2.17. The highest BCUT2D eigenvalue weighted by atomic mass is 16.7. The highest BCUT2D eigenvalue weighted by Gasteiger charge is 2.08. The summed E-state index contributed by atoms with van der Waals surface area (Å²) < 4.78 is 16.7. The Morgan fingerprint density at radius 2 is 1.74 bits per heavy atom. The number of carbonyl (C=O) groups is 1. The first kappa shape index (κ1) is 21.0. The molecule has 27 heavy (non-hydrogen) atoms. The molecule has 0 spiro atoms. The number of benzene rings is 2. The summed E-state index contributed by atoms with van der Waals surface area (Å²) in [6.07, 6.45) is 3.26. The molecule has 0 aromatic heterocycles. The smallest absolute Gasteiger partial charge is 0.196 e. The molecule has 0 aliphatic rings. The third-order valence-electron chi connectivity index (χ3n) is 4.79. The zero-order chi connectivity index (χ0) is 19.6. The van der Waals surface area contributed by atoms with E-state index in [1.807, 2.05) is 31.2 Å². The summed E-state index contributed by atoms with van der Waals surface area (Å²) >= 11 is 0. The van der Waals surface area contributed by atoms with Gasteiger partial charge in [0.25, 0.3) is 0 Å². The van der Waals surface area contributed by atoms with Gasteiger partial charge in [0.1, 0.15) is 17.8 Å². The molecule has 0 aliphatic carbocycles. The zero-order valence-corrected chi connectivity index (χ0v) is 16.7.